The van der Waals surface area contributed by atoms with E-state index in [9.17, 15) is 9.90 Å². The van der Waals surface area contributed by atoms with Gasteiger partial charge in [-0.3, -0.25) is 9.48 Å². The molecule has 4 rings (SSSR count). The van der Waals surface area contributed by atoms with Gasteiger partial charge in [0.15, 0.2) is 0 Å². The molecule has 2 aromatic heterocycles. The molecule has 0 fully saturated rings. The van der Waals surface area contributed by atoms with Crippen LogP contribution in [0, 0.1) is 0 Å². The van der Waals surface area contributed by atoms with Crippen molar-refractivity contribution >= 4 is 62.4 Å². The number of aliphatic carboxylic acids is 1. The smallest absolute Gasteiger partial charge is 0.307 e. The highest BCUT2D eigenvalue weighted by Crippen LogP contribution is 2.34. The average molecular weight is 444 g/mol. The van der Waals surface area contributed by atoms with Gasteiger partial charge in [-0.1, -0.05) is 41.4 Å². The second-order valence-electron chi connectivity index (χ2n) is 6.46. The Bertz CT molecular complexity index is 1230. The molecule has 5 nitrogen and oxygen atoms in total. The van der Waals surface area contributed by atoms with Gasteiger partial charge in [-0.05, 0) is 35.9 Å². The maximum absolute atomic E-state index is 11.5. The van der Waals surface area contributed by atoms with Crippen molar-refractivity contribution < 1.29 is 9.90 Å². The van der Waals surface area contributed by atoms with E-state index in [1.54, 1.807) is 16.8 Å². The fraction of sp³-hybridized carbons (Fsp3) is 0.0952. The maximum Gasteiger partial charge on any atom is 0.307 e. The molecule has 0 aliphatic rings. The Morgan fingerprint density at radius 3 is 2.72 bits per heavy atom. The summed E-state index contributed by atoms with van der Waals surface area (Å²) in [4.78, 5) is 16.1. The predicted octanol–water partition coefficient (Wildman–Crippen LogP) is 6.02. The summed E-state index contributed by atoms with van der Waals surface area (Å²) in [5, 5.41) is 15.5. The number of nitrogens with zero attached hydrogens (tertiary/aromatic N) is 3. The zero-order chi connectivity index (χ0) is 20.5. The number of rotatable bonds is 5. The number of carboxylic acid groups (broad SMARTS) is 1. The van der Waals surface area contributed by atoms with E-state index in [1.807, 2.05) is 49.7 Å². The van der Waals surface area contributed by atoms with Crippen LogP contribution < -0.4 is 0 Å². The Kier molecular flexibility index (Phi) is 5.41. The summed E-state index contributed by atoms with van der Waals surface area (Å²) in [6.07, 6.45) is 3.53. The lowest BCUT2D eigenvalue weighted by molar-refractivity contribution is -0.135. The lowest BCUT2D eigenvalue weighted by Crippen LogP contribution is -1.97. The largest absolute Gasteiger partial charge is 0.481 e. The monoisotopic (exact) mass is 443 g/mol. The molecule has 2 aromatic carbocycles. The van der Waals surface area contributed by atoms with Gasteiger partial charge in [0.05, 0.1) is 32.4 Å². The summed E-state index contributed by atoms with van der Waals surface area (Å²) >= 11 is 13.7. The second-order valence-corrected chi connectivity index (χ2v) is 8.31. The summed E-state index contributed by atoms with van der Waals surface area (Å²) in [5.74, 6) is -0.921. The molecule has 29 heavy (non-hydrogen) atoms. The van der Waals surface area contributed by atoms with Gasteiger partial charge in [-0.15, -0.1) is 11.3 Å². The first-order valence-corrected chi connectivity index (χ1v) is 10.3. The zero-order valence-corrected chi connectivity index (χ0v) is 17.6. The van der Waals surface area contributed by atoms with Crippen LogP contribution in [0.5, 0.6) is 0 Å². The van der Waals surface area contributed by atoms with Gasteiger partial charge in [-0.25, -0.2) is 4.98 Å². The normalized spacial score (nSPS) is 11.9. The summed E-state index contributed by atoms with van der Waals surface area (Å²) in [6, 6.07) is 13.0. The van der Waals surface area contributed by atoms with Crippen molar-refractivity contribution in [3.8, 4) is 11.3 Å². The molecule has 2 heterocycles. The fourth-order valence-corrected chi connectivity index (χ4v) is 4.31. The van der Waals surface area contributed by atoms with Gasteiger partial charge < -0.3 is 5.11 Å². The number of halogens is 2. The molecule has 0 amide bonds. The SMILES string of the molecule is Cn1cc(/C=C(\CC(=O)O)c2nc3ccccc3s2)c(-c2ccc(Cl)c(Cl)c2)n1. The first-order chi connectivity index (χ1) is 13.9. The Morgan fingerprint density at radius 2 is 2.00 bits per heavy atom. The number of benzene rings is 2. The first-order valence-electron chi connectivity index (χ1n) is 8.68. The Balaban J connectivity index is 1.84. The van der Waals surface area contributed by atoms with Gasteiger partial charge >= 0.3 is 5.97 Å². The number of carboxylic acids is 1. The second kappa shape index (κ2) is 7.99. The number of carbonyl (C=O) groups is 1. The Labute approximate surface area is 180 Å². The molecular weight excluding hydrogens is 429 g/mol. The first kappa shape index (κ1) is 19.6. The van der Waals surface area contributed by atoms with Crippen molar-refractivity contribution in [2.45, 2.75) is 6.42 Å². The van der Waals surface area contributed by atoms with E-state index in [-0.39, 0.29) is 6.42 Å². The van der Waals surface area contributed by atoms with Crippen molar-refractivity contribution in [2.24, 2.45) is 7.05 Å². The highest BCUT2D eigenvalue weighted by atomic mass is 35.5. The highest BCUT2D eigenvalue weighted by molar-refractivity contribution is 7.19. The molecular formula is C21H15Cl2N3O2S. The van der Waals surface area contributed by atoms with Crippen molar-refractivity contribution in [1.82, 2.24) is 14.8 Å². The lowest BCUT2D eigenvalue weighted by Gasteiger charge is -2.04. The van der Waals surface area contributed by atoms with E-state index in [1.165, 1.54) is 11.3 Å². The average Bonchev–Trinajstić information content (AvgIpc) is 3.26. The number of hydrogen-bond donors (Lipinski definition) is 1. The quantitative estimate of drug-likeness (QED) is 0.409. The highest BCUT2D eigenvalue weighted by Gasteiger charge is 2.16. The summed E-state index contributed by atoms with van der Waals surface area (Å²) < 4.78 is 2.69. The van der Waals surface area contributed by atoms with Crippen molar-refractivity contribution in [1.29, 1.82) is 0 Å². The maximum atomic E-state index is 11.5. The van der Waals surface area contributed by atoms with Crippen molar-refractivity contribution in [3.63, 3.8) is 0 Å². The predicted molar refractivity (Wildman–Crippen MR) is 118 cm³/mol. The number of aromatic nitrogens is 3. The van der Waals surface area contributed by atoms with Crippen LogP contribution in [0.4, 0.5) is 0 Å². The molecule has 0 aliphatic carbocycles. The molecule has 0 radical (unpaired) electrons. The zero-order valence-electron chi connectivity index (χ0n) is 15.3. The van der Waals surface area contributed by atoms with Crippen LogP contribution in [-0.4, -0.2) is 25.8 Å². The molecule has 0 unspecified atom stereocenters. The van der Waals surface area contributed by atoms with Gasteiger partial charge in [0.2, 0.25) is 0 Å². The molecule has 0 saturated heterocycles. The van der Waals surface area contributed by atoms with Crippen LogP contribution >= 0.6 is 34.5 Å². The standard InChI is InChI=1S/C21H15Cl2N3O2S/c1-26-11-14(20(25-26)12-6-7-15(22)16(23)9-12)8-13(10-19(27)28)21-24-17-4-2-3-5-18(17)29-21/h2-9,11H,10H2,1H3,(H,27,28)/b13-8+. The minimum atomic E-state index is -0.921. The van der Waals surface area contributed by atoms with Crippen LogP contribution in [0.15, 0.2) is 48.7 Å². The molecule has 1 N–H and O–H groups in total. The fourth-order valence-electron chi connectivity index (χ4n) is 3.03. The van der Waals surface area contributed by atoms with Crippen LogP contribution in [0.25, 0.3) is 33.1 Å². The number of thiazole rings is 1. The molecule has 0 spiro atoms. The van der Waals surface area contributed by atoms with E-state index in [4.69, 9.17) is 23.2 Å². The third kappa shape index (κ3) is 4.19. The summed E-state index contributed by atoms with van der Waals surface area (Å²) in [7, 11) is 1.81. The van der Waals surface area contributed by atoms with E-state index >= 15 is 0 Å². The van der Waals surface area contributed by atoms with Gasteiger partial charge in [0, 0.05) is 24.4 Å². The molecule has 0 atom stereocenters. The van der Waals surface area contributed by atoms with Crippen LogP contribution in [-0.2, 0) is 11.8 Å². The Morgan fingerprint density at radius 1 is 1.21 bits per heavy atom. The Hall–Kier alpha value is -2.67. The third-order valence-corrected chi connectivity index (χ3v) is 6.14. The van der Waals surface area contributed by atoms with Crippen LogP contribution in [0.3, 0.4) is 0 Å². The van der Waals surface area contributed by atoms with E-state index in [0.717, 1.165) is 21.3 Å². The number of para-hydroxylation sites is 1. The van der Waals surface area contributed by atoms with Gasteiger partial charge in [0.25, 0.3) is 0 Å². The van der Waals surface area contributed by atoms with E-state index < -0.39 is 5.97 Å². The van der Waals surface area contributed by atoms with Crippen molar-refractivity contribution in [2.75, 3.05) is 0 Å². The van der Waals surface area contributed by atoms with Crippen LogP contribution in [0.1, 0.15) is 17.0 Å². The number of aryl methyl sites for hydroxylation is 1. The van der Waals surface area contributed by atoms with E-state index in [2.05, 4.69) is 10.1 Å². The van der Waals surface area contributed by atoms with Crippen LogP contribution in [0.2, 0.25) is 10.0 Å². The van der Waals surface area contributed by atoms with Crippen molar-refractivity contribution in [3.05, 3.63) is 69.3 Å². The minimum absolute atomic E-state index is 0.143. The molecule has 4 aromatic rings. The van der Waals surface area contributed by atoms with Gasteiger partial charge in [-0.2, -0.15) is 5.10 Å². The molecule has 0 aliphatic heterocycles. The molecule has 0 saturated carbocycles. The molecule has 0 bridgehead atoms. The third-order valence-electron chi connectivity index (χ3n) is 4.29. The summed E-state index contributed by atoms with van der Waals surface area (Å²) in [6.45, 7) is 0. The summed E-state index contributed by atoms with van der Waals surface area (Å²) in [5.41, 5.74) is 3.73. The lowest BCUT2D eigenvalue weighted by atomic mass is 10.0. The topological polar surface area (TPSA) is 68.0 Å². The van der Waals surface area contributed by atoms with Gasteiger partial charge in [0.1, 0.15) is 5.01 Å². The number of fused-ring (bicyclic) bond motifs is 1. The molecule has 146 valence electrons. The number of hydrogen-bond acceptors (Lipinski definition) is 4. The minimum Gasteiger partial charge on any atom is -0.481 e. The molecule has 8 heteroatoms. The van der Waals surface area contributed by atoms with E-state index in [0.29, 0.717) is 26.3 Å².